The third-order valence-corrected chi connectivity index (χ3v) is 4.33. The first-order valence-electron chi connectivity index (χ1n) is 8.34. The van der Waals surface area contributed by atoms with Gasteiger partial charge in [-0.1, -0.05) is 0 Å². The molecule has 1 N–H and O–H groups in total. The molecule has 0 aromatic carbocycles. The fourth-order valence-electron chi connectivity index (χ4n) is 2.91. The number of hydrogen-bond acceptors (Lipinski definition) is 4. The maximum Gasteiger partial charge on any atom is 0.417 e. The fourth-order valence-corrected chi connectivity index (χ4v) is 2.91. The molecule has 2 aromatic heterocycles. The molecule has 1 atom stereocenters. The van der Waals surface area contributed by atoms with Crippen LogP contribution in [-0.2, 0) is 6.18 Å². The van der Waals surface area contributed by atoms with Gasteiger partial charge in [-0.2, -0.15) is 13.2 Å². The highest BCUT2D eigenvalue weighted by molar-refractivity contribution is 5.94. The number of pyridine rings is 2. The number of carbonyl (C=O) groups excluding carboxylic acids is 1. The Morgan fingerprint density at radius 1 is 1.19 bits per heavy atom. The van der Waals surface area contributed by atoms with Crippen molar-refractivity contribution in [1.82, 2.24) is 15.3 Å². The molecule has 3 heterocycles. The molecule has 0 spiro atoms. The molecule has 1 amide bonds. The number of hydrogen-bond donors (Lipinski definition) is 1. The molecule has 0 unspecified atom stereocenters. The number of carbonyl (C=O) groups is 1. The monoisotopic (exact) mass is 364 g/mol. The van der Waals surface area contributed by atoms with Gasteiger partial charge in [0.25, 0.3) is 5.91 Å². The highest BCUT2D eigenvalue weighted by atomic mass is 19.4. The lowest BCUT2D eigenvalue weighted by molar-refractivity contribution is -0.137. The van der Waals surface area contributed by atoms with Gasteiger partial charge in [0.15, 0.2) is 0 Å². The van der Waals surface area contributed by atoms with Crippen molar-refractivity contribution >= 4 is 11.7 Å². The second-order valence-electron chi connectivity index (χ2n) is 6.35. The zero-order valence-corrected chi connectivity index (χ0v) is 14.3. The van der Waals surface area contributed by atoms with Gasteiger partial charge in [-0.25, -0.2) is 4.98 Å². The van der Waals surface area contributed by atoms with Gasteiger partial charge in [0.05, 0.1) is 11.1 Å². The van der Waals surface area contributed by atoms with E-state index in [1.165, 1.54) is 12.3 Å². The molecule has 8 heteroatoms. The predicted octanol–water partition coefficient (Wildman–Crippen LogP) is 3.20. The Labute approximate surface area is 149 Å². The summed E-state index contributed by atoms with van der Waals surface area (Å²) in [5.74, 6) is 0.277. The van der Waals surface area contributed by atoms with Crippen LogP contribution >= 0.6 is 0 Å². The smallest absolute Gasteiger partial charge is 0.355 e. The van der Waals surface area contributed by atoms with Crippen LogP contribution in [0.1, 0.15) is 34.5 Å². The molecule has 2 aromatic rings. The van der Waals surface area contributed by atoms with Crippen LogP contribution in [0, 0.1) is 6.92 Å². The first-order chi connectivity index (χ1) is 12.3. The Morgan fingerprint density at radius 3 is 2.62 bits per heavy atom. The van der Waals surface area contributed by atoms with Crippen molar-refractivity contribution in [3.63, 3.8) is 0 Å². The summed E-state index contributed by atoms with van der Waals surface area (Å²) in [5.41, 5.74) is 0.550. The van der Waals surface area contributed by atoms with Crippen LogP contribution in [0.25, 0.3) is 0 Å². The average Bonchev–Trinajstić information content (AvgIpc) is 2.62. The lowest BCUT2D eigenvalue weighted by atomic mass is 10.0. The molecule has 5 nitrogen and oxygen atoms in total. The van der Waals surface area contributed by atoms with E-state index in [-0.39, 0.29) is 11.9 Å². The van der Waals surface area contributed by atoms with Gasteiger partial charge < -0.3 is 10.2 Å². The Hall–Kier alpha value is -2.64. The highest BCUT2D eigenvalue weighted by Crippen LogP contribution is 2.29. The number of piperidine rings is 1. The van der Waals surface area contributed by atoms with Crippen molar-refractivity contribution in [3.05, 3.63) is 53.5 Å². The molecule has 138 valence electrons. The molecule has 0 saturated carbocycles. The van der Waals surface area contributed by atoms with Gasteiger partial charge in [0.2, 0.25) is 0 Å². The number of nitrogens with zero attached hydrogens (tertiary/aromatic N) is 3. The molecular weight excluding hydrogens is 345 g/mol. The van der Waals surface area contributed by atoms with Crippen molar-refractivity contribution in [2.75, 3.05) is 18.0 Å². The molecule has 3 rings (SSSR count). The lowest BCUT2D eigenvalue weighted by Crippen LogP contribution is -2.48. The third kappa shape index (κ3) is 4.30. The second kappa shape index (κ2) is 7.31. The van der Waals surface area contributed by atoms with E-state index in [1.54, 1.807) is 12.1 Å². The number of nitrogens with one attached hydrogen (secondary N) is 1. The zero-order valence-electron chi connectivity index (χ0n) is 14.3. The zero-order chi connectivity index (χ0) is 18.7. The Bertz CT molecular complexity index is 760. The van der Waals surface area contributed by atoms with Crippen LogP contribution in [-0.4, -0.2) is 35.0 Å². The summed E-state index contributed by atoms with van der Waals surface area (Å²) in [6, 6.07) is 5.80. The molecule has 1 saturated heterocycles. The number of rotatable bonds is 3. The van der Waals surface area contributed by atoms with Gasteiger partial charge in [0.1, 0.15) is 5.82 Å². The van der Waals surface area contributed by atoms with Crippen molar-refractivity contribution in [2.24, 2.45) is 0 Å². The molecule has 26 heavy (non-hydrogen) atoms. The van der Waals surface area contributed by atoms with E-state index < -0.39 is 11.7 Å². The predicted molar refractivity (Wildman–Crippen MR) is 90.9 cm³/mol. The topological polar surface area (TPSA) is 58.1 Å². The average molecular weight is 364 g/mol. The van der Waals surface area contributed by atoms with E-state index in [2.05, 4.69) is 15.3 Å². The van der Waals surface area contributed by atoms with Crippen LogP contribution in [0.5, 0.6) is 0 Å². The Morgan fingerprint density at radius 2 is 2.00 bits per heavy atom. The standard InChI is InChI=1S/C18H19F3N4O/c1-12-4-5-13(9-22-12)17(26)24-15-3-2-8-25(11-15)16-7-6-14(10-23-16)18(19,20)21/h4-7,9-10,15H,2-3,8,11H2,1H3,(H,24,26)/t15-/m1/s1. The van der Waals surface area contributed by atoms with Crippen LogP contribution < -0.4 is 10.2 Å². The van der Waals surface area contributed by atoms with Crippen LogP contribution in [0.4, 0.5) is 19.0 Å². The summed E-state index contributed by atoms with van der Waals surface area (Å²) in [6.07, 6.45) is -0.397. The normalized spacial score (nSPS) is 17.8. The number of alkyl halides is 3. The summed E-state index contributed by atoms with van der Waals surface area (Å²) >= 11 is 0. The van der Waals surface area contributed by atoms with Gasteiger partial charge in [0, 0.05) is 37.2 Å². The van der Waals surface area contributed by atoms with E-state index in [9.17, 15) is 18.0 Å². The minimum atomic E-state index is -4.40. The van der Waals surface area contributed by atoms with E-state index >= 15 is 0 Å². The first kappa shape index (κ1) is 18.2. The molecule has 0 bridgehead atoms. The first-order valence-corrected chi connectivity index (χ1v) is 8.34. The van der Waals surface area contributed by atoms with Gasteiger partial charge in [-0.3, -0.25) is 9.78 Å². The van der Waals surface area contributed by atoms with E-state index in [0.29, 0.717) is 24.5 Å². The maximum absolute atomic E-state index is 12.6. The van der Waals surface area contributed by atoms with Crippen molar-refractivity contribution in [2.45, 2.75) is 32.0 Å². The number of aryl methyl sites for hydroxylation is 1. The minimum Gasteiger partial charge on any atom is -0.355 e. The van der Waals surface area contributed by atoms with Crippen LogP contribution in [0.2, 0.25) is 0 Å². The molecule has 0 radical (unpaired) electrons. The fraction of sp³-hybridized carbons (Fsp3) is 0.389. The molecular formula is C18H19F3N4O. The summed E-state index contributed by atoms with van der Waals surface area (Å²) in [6.45, 7) is 3.04. The van der Waals surface area contributed by atoms with Gasteiger partial charge >= 0.3 is 6.18 Å². The molecule has 1 fully saturated rings. The van der Waals surface area contributed by atoms with Crippen molar-refractivity contribution in [3.8, 4) is 0 Å². The SMILES string of the molecule is Cc1ccc(C(=O)N[C@@H]2CCCN(c3ccc(C(F)(F)F)cn3)C2)cn1. The van der Waals surface area contributed by atoms with Gasteiger partial charge in [-0.05, 0) is 44.0 Å². The summed E-state index contributed by atoms with van der Waals surface area (Å²) in [4.78, 5) is 22.2. The molecule has 0 aliphatic carbocycles. The third-order valence-electron chi connectivity index (χ3n) is 4.33. The lowest BCUT2D eigenvalue weighted by Gasteiger charge is -2.34. The van der Waals surface area contributed by atoms with Gasteiger partial charge in [-0.15, -0.1) is 0 Å². The van der Waals surface area contributed by atoms with Crippen LogP contribution in [0.3, 0.4) is 0 Å². The van der Waals surface area contributed by atoms with E-state index in [4.69, 9.17) is 0 Å². The highest BCUT2D eigenvalue weighted by Gasteiger charge is 2.31. The Balaban J connectivity index is 1.63. The quantitative estimate of drug-likeness (QED) is 0.909. The Kier molecular flexibility index (Phi) is 5.11. The van der Waals surface area contributed by atoms with Crippen molar-refractivity contribution < 1.29 is 18.0 Å². The van der Waals surface area contributed by atoms with Crippen molar-refractivity contribution in [1.29, 1.82) is 0 Å². The van der Waals surface area contributed by atoms with E-state index in [1.807, 2.05) is 11.8 Å². The van der Waals surface area contributed by atoms with E-state index in [0.717, 1.165) is 30.8 Å². The number of amides is 1. The molecule has 1 aliphatic rings. The number of halogens is 3. The largest absolute Gasteiger partial charge is 0.417 e. The summed E-state index contributed by atoms with van der Waals surface area (Å²) in [5, 5.41) is 2.96. The summed E-state index contributed by atoms with van der Waals surface area (Å²) < 4.78 is 37.9. The second-order valence-corrected chi connectivity index (χ2v) is 6.35. The van der Waals surface area contributed by atoms with Crippen LogP contribution in [0.15, 0.2) is 36.7 Å². The summed E-state index contributed by atoms with van der Waals surface area (Å²) in [7, 11) is 0. The molecule has 1 aliphatic heterocycles. The number of anilines is 1. The maximum atomic E-state index is 12.6. The minimum absolute atomic E-state index is 0.0957. The number of aromatic nitrogens is 2.